The summed E-state index contributed by atoms with van der Waals surface area (Å²) >= 11 is 0. The second-order valence-electron chi connectivity index (χ2n) is 8.26. The van der Waals surface area contributed by atoms with Crippen molar-refractivity contribution in [3.8, 4) is 11.5 Å². The van der Waals surface area contributed by atoms with Crippen LogP contribution in [0.15, 0.2) is 66.7 Å². The first-order valence-electron chi connectivity index (χ1n) is 11.5. The summed E-state index contributed by atoms with van der Waals surface area (Å²) in [6, 6.07) is 22.9. The Balaban J connectivity index is 1.36. The Kier molecular flexibility index (Phi) is 7.10. The number of benzene rings is 3. The Morgan fingerprint density at radius 3 is 2.38 bits per heavy atom. The number of fused-ring (bicyclic) bond motifs is 1. The van der Waals surface area contributed by atoms with Crippen molar-refractivity contribution in [1.82, 2.24) is 9.55 Å². The van der Waals surface area contributed by atoms with Crippen molar-refractivity contribution in [3.05, 3.63) is 89.2 Å². The number of para-hydroxylation sites is 2. The SMILES string of the molecule is CCc1ccc(OCc2nc3ccccc3n2CCCCOc2ccc(C)c(C)c2)cc1. The maximum Gasteiger partial charge on any atom is 0.147 e. The highest BCUT2D eigenvalue weighted by molar-refractivity contribution is 5.75. The zero-order valence-electron chi connectivity index (χ0n) is 19.3. The minimum absolute atomic E-state index is 0.458. The van der Waals surface area contributed by atoms with Crippen LogP contribution in [0.5, 0.6) is 11.5 Å². The van der Waals surface area contributed by atoms with E-state index in [9.17, 15) is 0 Å². The number of hydrogen-bond acceptors (Lipinski definition) is 3. The first-order chi connectivity index (χ1) is 15.6. The van der Waals surface area contributed by atoms with Gasteiger partial charge in [-0.1, -0.05) is 37.3 Å². The van der Waals surface area contributed by atoms with Crippen LogP contribution in [0.4, 0.5) is 0 Å². The zero-order chi connectivity index (χ0) is 22.3. The lowest BCUT2D eigenvalue weighted by molar-refractivity contribution is 0.285. The molecule has 0 amide bonds. The lowest BCUT2D eigenvalue weighted by Gasteiger charge is -2.12. The number of hydrogen-bond donors (Lipinski definition) is 0. The van der Waals surface area contributed by atoms with Crippen molar-refractivity contribution < 1.29 is 9.47 Å². The van der Waals surface area contributed by atoms with Crippen LogP contribution in [0.3, 0.4) is 0 Å². The highest BCUT2D eigenvalue weighted by atomic mass is 16.5. The number of aromatic nitrogens is 2. The molecule has 1 heterocycles. The molecule has 0 N–H and O–H groups in total. The monoisotopic (exact) mass is 428 g/mol. The minimum Gasteiger partial charge on any atom is -0.494 e. The van der Waals surface area contributed by atoms with E-state index in [1.54, 1.807) is 0 Å². The minimum atomic E-state index is 0.458. The first kappa shape index (κ1) is 21.9. The third-order valence-electron chi connectivity index (χ3n) is 5.96. The molecule has 0 spiro atoms. The maximum atomic E-state index is 6.06. The van der Waals surface area contributed by atoms with Crippen LogP contribution in [0, 0.1) is 13.8 Å². The summed E-state index contributed by atoms with van der Waals surface area (Å²) in [4.78, 5) is 4.83. The van der Waals surface area contributed by atoms with Crippen LogP contribution in [0.25, 0.3) is 11.0 Å². The van der Waals surface area contributed by atoms with E-state index in [1.165, 1.54) is 16.7 Å². The fraction of sp³-hybridized carbons (Fsp3) is 0.321. The van der Waals surface area contributed by atoms with Gasteiger partial charge >= 0.3 is 0 Å². The second-order valence-corrected chi connectivity index (χ2v) is 8.26. The number of nitrogens with zero attached hydrogens (tertiary/aromatic N) is 2. The van der Waals surface area contributed by atoms with Crippen LogP contribution in [-0.4, -0.2) is 16.2 Å². The number of imidazole rings is 1. The molecule has 4 heteroatoms. The van der Waals surface area contributed by atoms with Crippen molar-refractivity contribution in [2.24, 2.45) is 0 Å². The van der Waals surface area contributed by atoms with E-state index in [0.29, 0.717) is 13.2 Å². The molecule has 32 heavy (non-hydrogen) atoms. The zero-order valence-corrected chi connectivity index (χ0v) is 19.3. The van der Waals surface area contributed by atoms with Gasteiger partial charge in [-0.2, -0.15) is 0 Å². The summed E-state index contributed by atoms with van der Waals surface area (Å²) in [5, 5.41) is 0. The molecule has 0 saturated heterocycles. The maximum absolute atomic E-state index is 6.06. The van der Waals surface area contributed by atoms with Crippen LogP contribution in [-0.2, 0) is 19.6 Å². The average Bonchev–Trinajstić information content (AvgIpc) is 3.17. The molecule has 0 unspecified atom stereocenters. The summed E-state index contributed by atoms with van der Waals surface area (Å²) in [5.74, 6) is 2.79. The highest BCUT2D eigenvalue weighted by Crippen LogP contribution is 2.20. The van der Waals surface area contributed by atoms with Crippen molar-refractivity contribution in [1.29, 1.82) is 0 Å². The van der Waals surface area contributed by atoms with Crippen LogP contribution in [0.2, 0.25) is 0 Å². The predicted octanol–water partition coefficient (Wildman–Crippen LogP) is 6.65. The molecule has 1 aromatic heterocycles. The largest absolute Gasteiger partial charge is 0.494 e. The van der Waals surface area contributed by atoms with Gasteiger partial charge in [0.1, 0.15) is 23.9 Å². The third-order valence-corrected chi connectivity index (χ3v) is 5.96. The molecule has 0 bridgehead atoms. The van der Waals surface area contributed by atoms with E-state index in [1.807, 2.05) is 24.3 Å². The Morgan fingerprint density at radius 1 is 0.812 bits per heavy atom. The van der Waals surface area contributed by atoms with Gasteiger partial charge in [-0.15, -0.1) is 0 Å². The van der Waals surface area contributed by atoms with E-state index in [4.69, 9.17) is 14.5 Å². The van der Waals surface area contributed by atoms with E-state index >= 15 is 0 Å². The normalized spacial score (nSPS) is 11.1. The van der Waals surface area contributed by atoms with Gasteiger partial charge in [0, 0.05) is 6.54 Å². The van der Waals surface area contributed by atoms with Gasteiger partial charge in [0.15, 0.2) is 0 Å². The summed E-state index contributed by atoms with van der Waals surface area (Å²) in [7, 11) is 0. The van der Waals surface area contributed by atoms with E-state index < -0.39 is 0 Å². The molecule has 0 atom stereocenters. The van der Waals surface area contributed by atoms with Gasteiger partial charge in [-0.3, -0.25) is 0 Å². The second kappa shape index (κ2) is 10.4. The predicted molar refractivity (Wildman–Crippen MR) is 131 cm³/mol. The van der Waals surface area contributed by atoms with Gasteiger partial charge in [-0.25, -0.2) is 4.98 Å². The quantitative estimate of drug-likeness (QED) is 0.265. The topological polar surface area (TPSA) is 36.3 Å². The first-order valence-corrected chi connectivity index (χ1v) is 11.5. The third kappa shape index (κ3) is 5.31. The van der Waals surface area contributed by atoms with Crippen LogP contribution >= 0.6 is 0 Å². The molecule has 4 rings (SSSR count). The summed E-state index contributed by atoms with van der Waals surface area (Å²) in [5.41, 5.74) is 6.04. The van der Waals surface area contributed by atoms with Gasteiger partial charge in [0.25, 0.3) is 0 Å². The highest BCUT2D eigenvalue weighted by Gasteiger charge is 2.11. The van der Waals surface area contributed by atoms with Gasteiger partial charge in [-0.05, 0) is 86.2 Å². The molecule has 0 aliphatic rings. The van der Waals surface area contributed by atoms with Crippen LogP contribution < -0.4 is 9.47 Å². The number of rotatable bonds is 10. The number of aryl methyl sites for hydroxylation is 4. The van der Waals surface area contributed by atoms with Crippen molar-refractivity contribution >= 4 is 11.0 Å². The molecule has 3 aromatic carbocycles. The Bertz CT molecular complexity index is 1160. The smallest absolute Gasteiger partial charge is 0.147 e. The summed E-state index contributed by atoms with van der Waals surface area (Å²) < 4.78 is 14.3. The molecular formula is C28H32N2O2. The Labute approximate surface area is 190 Å². The van der Waals surface area contributed by atoms with Crippen molar-refractivity contribution in [3.63, 3.8) is 0 Å². The molecule has 0 saturated carbocycles. The standard InChI is InChI=1S/C28H32N2O2/c1-4-23-12-15-24(16-13-23)32-20-28-29-26-9-5-6-10-27(26)30(28)17-7-8-18-31-25-14-11-21(2)22(3)19-25/h5-6,9-16,19H,4,7-8,17-18,20H2,1-3H3. The van der Waals surface area contributed by atoms with Crippen LogP contribution in [0.1, 0.15) is 42.3 Å². The Hall–Kier alpha value is -3.27. The summed E-state index contributed by atoms with van der Waals surface area (Å²) in [6.07, 6.45) is 3.03. The molecule has 0 aliphatic heterocycles. The van der Waals surface area contributed by atoms with Gasteiger partial charge in [0.2, 0.25) is 0 Å². The Morgan fingerprint density at radius 2 is 1.59 bits per heavy atom. The van der Waals surface area contributed by atoms with E-state index in [0.717, 1.165) is 54.2 Å². The number of ether oxygens (including phenoxy) is 2. The molecule has 4 aromatic rings. The van der Waals surface area contributed by atoms with E-state index in [-0.39, 0.29) is 0 Å². The molecule has 0 fully saturated rings. The molecule has 166 valence electrons. The molecular weight excluding hydrogens is 396 g/mol. The van der Waals surface area contributed by atoms with Gasteiger partial charge < -0.3 is 14.0 Å². The number of unbranched alkanes of at least 4 members (excludes halogenated alkanes) is 1. The summed E-state index contributed by atoms with van der Waals surface area (Å²) in [6.45, 7) is 8.46. The van der Waals surface area contributed by atoms with E-state index in [2.05, 4.69) is 67.8 Å². The van der Waals surface area contributed by atoms with Gasteiger partial charge in [0.05, 0.1) is 17.6 Å². The molecule has 0 aliphatic carbocycles. The van der Waals surface area contributed by atoms with Crippen molar-refractivity contribution in [2.75, 3.05) is 6.61 Å². The average molecular weight is 429 g/mol. The fourth-order valence-corrected chi connectivity index (χ4v) is 3.82. The lowest BCUT2D eigenvalue weighted by atomic mass is 10.1. The lowest BCUT2D eigenvalue weighted by Crippen LogP contribution is -2.09. The molecule has 0 radical (unpaired) electrons. The fourth-order valence-electron chi connectivity index (χ4n) is 3.82. The molecule has 4 nitrogen and oxygen atoms in total. The van der Waals surface area contributed by atoms with Crippen molar-refractivity contribution in [2.45, 2.75) is 53.2 Å².